The molecule has 1 aromatic carbocycles. The van der Waals surface area contributed by atoms with Gasteiger partial charge in [0, 0.05) is 13.1 Å². The second-order valence-corrected chi connectivity index (χ2v) is 4.07. The van der Waals surface area contributed by atoms with Gasteiger partial charge in [-0.2, -0.15) is 0 Å². The number of hydrogen-bond acceptors (Lipinski definition) is 2. The van der Waals surface area contributed by atoms with Crippen molar-refractivity contribution < 1.29 is 13.5 Å². The molecular weight excluding hydrogens is 224 g/mol. The van der Waals surface area contributed by atoms with Crippen LogP contribution in [-0.4, -0.2) is 26.2 Å². The molecule has 96 valence electrons. The summed E-state index contributed by atoms with van der Waals surface area (Å²) in [6.07, 6.45) is -2.38. The van der Waals surface area contributed by atoms with Crippen LogP contribution < -0.4 is 5.32 Å². The van der Waals surface area contributed by atoms with Crippen molar-refractivity contribution in [2.24, 2.45) is 0 Å². The van der Waals surface area contributed by atoms with E-state index in [0.717, 1.165) is 6.54 Å². The minimum atomic E-state index is -2.38. The summed E-state index contributed by atoms with van der Waals surface area (Å²) >= 11 is 0. The molecular formula is C13H19F2NO. The number of benzene rings is 1. The van der Waals surface area contributed by atoms with Gasteiger partial charge >= 0.3 is 0 Å². The first-order valence-electron chi connectivity index (χ1n) is 5.72. The Kier molecular flexibility index (Phi) is 6.08. The maximum atomic E-state index is 11.8. The summed E-state index contributed by atoms with van der Waals surface area (Å²) in [5.41, 5.74) is 3.71. The molecule has 0 saturated heterocycles. The summed E-state index contributed by atoms with van der Waals surface area (Å²) in [5, 5.41) is 3.17. The quantitative estimate of drug-likeness (QED) is 0.743. The summed E-state index contributed by atoms with van der Waals surface area (Å²) in [6.45, 7) is 5.28. The van der Waals surface area contributed by atoms with E-state index >= 15 is 0 Å². The Morgan fingerprint density at radius 3 is 2.71 bits per heavy atom. The number of ether oxygens (including phenoxy) is 1. The summed E-state index contributed by atoms with van der Waals surface area (Å²) < 4.78 is 28.3. The third kappa shape index (κ3) is 5.75. The first kappa shape index (κ1) is 14.1. The van der Waals surface area contributed by atoms with E-state index in [-0.39, 0.29) is 0 Å². The van der Waals surface area contributed by atoms with Crippen molar-refractivity contribution in [1.29, 1.82) is 0 Å². The van der Waals surface area contributed by atoms with E-state index in [1.165, 1.54) is 16.7 Å². The van der Waals surface area contributed by atoms with Crippen molar-refractivity contribution in [1.82, 2.24) is 5.32 Å². The average Bonchev–Trinajstić information content (AvgIpc) is 2.25. The smallest absolute Gasteiger partial charge is 0.261 e. The van der Waals surface area contributed by atoms with Crippen LogP contribution in [0.25, 0.3) is 0 Å². The molecule has 0 bridgehead atoms. The zero-order valence-electron chi connectivity index (χ0n) is 10.3. The highest BCUT2D eigenvalue weighted by Crippen LogP contribution is 2.09. The Morgan fingerprint density at radius 1 is 1.29 bits per heavy atom. The fraction of sp³-hybridized carbons (Fsp3) is 0.538. The molecule has 1 N–H and O–H groups in total. The van der Waals surface area contributed by atoms with E-state index in [1.807, 2.05) is 0 Å². The molecule has 0 aliphatic heterocycles. The van der Waals surface area contributed by atoms with E-state index in [1.54, 1.807) is 0 Å². The van der Waals surface area contributed by atoms with Crippen molar-refractivity contribution in [3.8, 4) is 0 Å². The Hall–Kier alpha value is -1.00. The first-order valence-corrected chi connectivity index (χ1v) is 5.72. The molecule has 0 fully saturated rings. The van der Waals surface area contributed by atoms with Crippen LogP contribution >= 0.6 is 0 Å². The molecule has 1 rings (SSSR count). The highest BCUT2D eigenvalue weighted by molar-refractivity contribution is 5.30. The van der Waals surface area contributed by atoms with Gasteiger partial charge in [-0.15, -0.1) is 0 Å². The third-order valence-corrected chi connectivity index (χ3v) is 2.48. The van der Waals surface area contributed by atoms with Crippen molar-refractivity contribution in [2.45, 2.75) is 26.8 Å². The van der Waals surface area contributed by atoms with E-state index < -0.39 is 13.0 Å². The van der Waals surface area contributed by atoms with Crippen LogP contribution in [0, 0.1) is 13.8 Å². The van der Waals surface area contributed by atoms with Gasteiger partial charge in [0.15, 0.2) is 0 Å². The van der Waals surface area contributed by atoms with Gasteiger partial charge in [-0.1, -0.05) is 23.8 Å². The fourth-order valence-corrected chi connectivity index (χ4v) is 1.58. The lowest BCUT2D eigenvalue weighted by molar-refractivity contribution is 0.0187. The predicted octanol–water partition coefficient (Wildman–Crippen LogP) is 2.67. The number of rotatable bonds is 7. The normalized spacial score (nSPS) is 11.1. The van der Waals surface area contributed by atoms with Crippen molar-refractivity contribution in [2.75, 3.05) is 19.8 Å². The Morgan fingerprint density at radius 2 is 2.06 bits per heavy atom. The van der Waals surface area contributed by atoms with Crippen LogP contribution in [0.15, 0.2) is 18.2 Å². The molecule has 4 heteroatoms. The summed E-state index contributed by atoms with van der Waals surface area (Å²) in [6, 6.07) is 6.28. The van der Waals surface area contributed by atoms with Gasteiger partial charge in [0.05, 0.1) is 6.61 Å². The number of hydrogen-bond donors (Lipinski definition) is 1. The van der Waals surface area contributed by atoms with Crippen LogP contribution in [0.3, 0.4) is 0 Å². The molecule has 0 aliphatic rings. The summed E-state index contributed by atoms with van der Waals surface area (Å²) in [7, 11) is 0. The van der Waals surface area contributed by atoms with Gasteiger partial charge < -0.3 is 10.1 Å². The average molecular weight is 243 g/mol. The van der Waals surface area contributed by atoms with Gasteiger partial charge in [-0.25, -0.2) is 8.78 Å². The SMILES string of the molecule is Cc1ccc(CNCCOCC(F)F)c(C)c1. The standard InChI is InChI=1S/C13H19F2NO/c1-10-3-4-12(11(2)7-10)8-16-5-6-17-9-13(14)15/h3-4,7,13,16H,5-6,8-9H2,1-2H3. The van der Waals surface area contributed by atoms with Crippen molar-refractivity contribution in [3.63, 3.8) is 0 Å². The topological polar surface area (TPSA) is 21.3 Å². The van der Waals surface area contributed by atoms with E-state index in [4.69, 9.17) is 4.74 Å². The van der Waals surface area contributed by atoms with Crippen LogP contribution in [0.4, 0.5) is 8.78 Å². The minimum Gasteiger partial charge on any atom is -0.374 e. The zero-order valence-corrected chi connectivity index (χ0v) is 10.3. The lowest BCUT2D eigenvalue weighted by atomic mass is 10.1. The molecule has 0 amide bonds. The molecule has 0 radical (unpaired) electrons. The lowest BCUT2D eigenvalue weighted by Gasteiger charge is -2.09. The van der Waals surface area contributed by atoms with Gasteiger partial charge in [0.1, 0.15) is 6.61 Å². The van der Waals surface area contributed by atoms with Crippen LogP contribution in [0.1, 0.15) is 16.7 Å². The molecule has 0 saturated carbocycles. The fourth-order valence-electron chi connectivity index (χ4n) is 1.58. The summed E-state index contributed by atoms with van der Waals surface area (Å²) in [4.78, 5) is 0. The molecule has 0 aromatic heterocycles. The molecule has 2 nitrogen and oxygen atoms in total. The lowest BCUT2D eigenvalue weighted by Crippen LogP contribution is -2.21. The maximum absolute atomic E-state index is 11.8. The molecule has 1 aromatic rings. The zero-order chi connectivity index (χ0) is 12.7. The molecule has 0 spiro atoms. The highest BCUT2D eigenvalue weighted by Gasteiger charge is 2.01. The Labute approximate surface area is 101 Å². The molecule has 0 heterocycles. The Balaban J connectivity index is 2.18. The molecule has 0 unspecified atom stereocenters. The monoisotopic (exact) mass is 243 g/mol. The molecule has 17 heavy (non-hydrogen) atoms. The maximum Gasteiger partial charge on any atom is 0.261 e. The van der Waals surface area contributed by atoms with Crippen LogP contribution in [-0.2, 0) is 11.3 Å². The number of aryl methyl sites for hydroxylation is 2. The third-order valence-electron chi connectivity index (χ3n) is 2.48. The van der Waals surface area contributed by atoms with Gasteiger partial charge in [-0.3, -0.25) is 0 Å². The highest BCUT2D eigenvalue weighted by atomic mass is 19.3. The first-order chi connectivity index (χ1) is 8.09. The van der Waals surface area contributed by atoms with E-state index in [2.05, 4.69) is 37.4 Å². The Bertz CT molecular complexity index is 342. The second kappa shape index (κ2) is 7.35. The molecule has 0 atom stereocenters. The second-order valence-electron chi connectivity index (χ2n) is 4.07. The number of halogens is 2. The largest absolute Gasteiger partial charge is 0.374 e. The number of alkyl halides is 2. The van der Waals surface area contributed by atoms with Gasteiger partial charge in [0.25, 0.3) is 6.43 Å². The van der Waals surface area contributed by atoms with Gasteiger partial charge in [0.2, 0.25) is 0 Å². The van der Waals surface area contributed by atoms with Crippen LogP contribution in [0.2, 0.25) is 0 Å². The van der Waals surface area contributed by atoms with Crippen LogP contribution in [0.5, 0.6) is 0 Å². The summed E-state index contributed by atoms with van der Waals surface area (Å²) in [5.74, 6) is 0. The van der Waals surface area contributed by atoms with Crippen molar-refractivity contribution >= 4 is 0 Å². The number of nitrogens with one attached hydrogen (secondary N) is 1. The minimum absolute atomic E-state index is 0.315. The van der Waals surface area contributed by atoms with E-state index in [0.29, 0.717) is 13.2 Å². The molecule has 0 aliphatic carbocycles. The van der Waals surface area contributed by atoms with Gasteiger partial charge in [-0.05, 0) is 25.0 Å². The van der Waals surface area contributed by atoms with Crippen molar-refractivity contribution in [3.05, 3.63) is 34.9 Å². The van der Waals surface area contributed by atoms with E-state index in [9.17, 15) is 8.78 Å². The predicted molar refractivity (Wildman–Crippen MR) is 64.4 cm³/mol.